The number of hydrogen-bond donors (Lipinski definition) is 0. The maximum absolute atomic E-state index is 12.4. The normalized spacial score (nSPS) is 27.3. The first-order valence-corrected chi connectivity index (χ1v) is 6.55. The molecule has 1 fully saturated rings. The summed E-state index contributed by atoms with van der Waals surface area (Å²) in [4.78, 5) is 26.0. The first kappa shape index (κ1) is 12.8. The van der Waals surface area contributed by atoms with Crippen molar-refractivity contribution in [2.75, 3.05) is 0 Å². The fourth-order valence-electron chi connectivity index (χ4n) is 3.00. The van der Waals surface area contributed by atoms with Crippen molar-refractivity contribution >= 4 is 11.8 Å². The Labute approximate surface area is 107 Å². The highest BCUT2D eigenvalue weighted by atomic mass is 16.2. The molecule has 4 nitrogen and oxygen atoms in total. The molecule has 2 aliphatic rings. The second kappa shape index (κ2) is 4.56. The number of nitrogens with zero attached hydrogens (tertiary/aromatic N) is 2. The Kier molecular flexibility index (Phi) is 3.25. The highest BCUT2D eigenvalue weighted by Gasteiger charge is 2.54. The average molecular weight is 246 g/mol. The Balaban J connectivity index is 2.39. The van der Waals surface area contributed by atoms with Gasteiger partial charge in [-0.05, 0) is 25.7 Å². The van der Waals surface area contributed by atoms with Crippen molar-refractivity contribution in [2.45, 2.75) is 45.1 Å². The first-order valence-electron chi connectivity index (χ1n) is 6.55. The van der Waals surface area contributed by atoms with Crippen LogP contribution in [0, 0.1) is 23.2 Å². The van der Waals surface area contributed by atoms with Crippen LogP contribution in [0.5, 0.6) is 0 Å². The van der Waals surface area contributed by atoms with Crippen LogP contribution in [0.3, 0.4) is 0 Å². The molecule has 0 aromatic heterocycles. The SMILES string of the molecule is CCC(C#N)(CC)N1C(=O)[C@H]2CC=CC[C@H]2C1=O. The number of nitriles is 1. The minimum atomic E-state index is -0.953. The summed E-state index contributed by atoms with van der Waals surface area (Å²) in [6.45, 7) is 3.71. The van der Waals surface area contributed by atoms with Crippen molar-refractivity contribution in [3.05, 3.63) is 12.2 Å². The number of hydrogen-bond acceptors (Lipinski definition) is 3. The quantitative estimate of drug-likeness (QED) is 0.565. The van der Waals surface area contributed by atoms with E-state index in [-0.39, 0.29) is 23.7 Å². The molecule has 0 saturated carbocycles. The highest BCUT2D eigenvalue weighted by Crippen LogP contribution is 2.40. The van der Waals surface area contributed by atoms with Gasteiger partial charge in [0.1, 0.15) is 5.54 Å². The molecule has 1 aliphatic carbocycles. The zero-order valence-corrected chi connectivity index (χ0v) is 10.8. The second-order valence-corrected chi connectivity index (χ2v) is 5.02. The van der Waals surface area contributed by atoms with Crippen molar-refractivity contribution in [3.63, 3.8) is 0 Å². The number of allylic oxidation sites excluding steroid dienone is 2. The van der Waals surface area contributed by atoms with Gasteiger partial charge in [0.25, 0.3) is 0 Å². The summed E-state index contributed by atoms with van der Waals surface area (Å²) in [5.41, 5.74) is -0.953. The number of rotatable bonds is 3. The van der Waals surface area contributed by atoms with Crippen LogP contribution in [0.25, 0.3) is 0 Å². The number of likely N-dealkylation sites (tertiary alicyclic amines) is 1. The molecule has 2 amide bonds. The third kappa shape index (κ3) is 1.58. The molecule has 0 unspecified atom stereocenters. The maximum atomic E-state index is 12.4. The van der Waals surface area contributed by atoms with Crippen LogP contribution in [0.4, 0.5) is 0 Å². The van der Waals surface area contributed by atoms with Gasteiger partial charge in [0.15, 0.2) is 0 Å². The Morgan fingerprint density at radius 2 is 1.67 bits per heavy atom. The summed E-state index contributed by atoms with van der Waals surface area (Å²) in [5, 5.41) is 9.39. The standard InChI is InChI=1S/C14H18N2O2/c1-3-14(4-2,9-15)16-12(17)10-7-5-6-8-11(10)13(16)18/h5-6,10-11H,3-4,7-8H2,1-2H3/t10-,11+. The largest absolute Gasteiger partial charge is 0.274 e. The molecule has 0 radical (unpaired) electrons. The predicted molar refractivity (Wildman–Crippen MR) is 66.1 cm³/mol. The van der Waals surface area contributed by atoms with Gasteiger partial charge in [-0.1, -0.05) is 26.0 Å². The van der Waals surface area contributed by atoms with Crippen molar-refractivity contribution in [1.29, 1.82) is 5.26 Å². The monoisotopic (exact) mass is 246 g/mol. The lowest BCUT2D eigenvalue weighted by atomic mass is 9.85. The Morgan fingerprint density at radius 3 is 2.00 bits per heavy atom. The summed E-state index contributed by atoms with van der Waals surface area (Å²) < 4.78 is 0. The van der Waals surface area contributed by atoms with Gasteiger partial charge in [-0.15, -0.1) is 0 Å². The predicted octanol–water partition coefficient (Wildman–Crippen LogP) is 2.02. The van der Waals surface area contributed by atoms with Gasteiger partial charge in [0.2, 0.25) is 11.8 Å². The van der Waals surface area contributed by atoms with E-state index in [1.54, 1.807) is 0 Å². The third-order valence-electron chi connectivity index (χ3n) is 4.31. The first-order chi connectivity index (χ1) is 8.61. The van der Waals surface area contributed by atoms with Gasteiger partial charge in [-0.25, -0.2) is 0 Å². The molecule has 2 atom stereocenters. The zero-order chi connectivity index (χ0) is 13.3. The third-order valence-corrected chi connectivity index (χ3v) is 4.31. The van der Waals surface area contributed by atoms with Crippen LogP contribution < -0.4 is 0 Å². The lowest BCUT2D eigenvalue weighted by molar-refractivity contribution is -0.145. The second-order valence-electron chi connectivity index (χ2n) is 5.02. The van der Waals surface area contributed by atoms with Crippen LogP contribution in [-0.4, -0.2) is 22.3 Å². The molecule has 1 saturated heterocycles. The van der Waals surface area contributed by atoms with E-state index in [0.717, 1.165) is 0 Å². The Hall–Kier alpha value is -1.63. The van der Waals surface area contributed by atoms with Gasteiger partial charge in [-0.2, -0.15) is 5.26 Å². The fourth-order valence-corrected chi connectivity index (χ4v) is 3.00. The number of carbonyl (C=O) groups is 2. The molecule has 4 heteroatoms. The van der Waals surface area contributed by atoms with E-state index in [2.05, 4.69) is 6.07 Å². The van der Waals surface area contributed by atoms with Gasteiger partial charge >= 0.3 is 0 Å². The molecule has 0 aromatic rings. The average Bonchev–Trinajstić information content (AvgIpc) is 2.67. The van der Waals surface area contributed by atoms with Crippen molar-refractivity contribution in [3.8, 4) is 6.07 Å². The van der Waals surface area contributed by atoms with Crippen LogP contribution in [0.15, 0.2) is 12.2 Å². The van der Waals surface area contributed by atoms with Crippen LogP contribution in [-0.2, 0) is 9.59 Å². The van der Waals surface area contributed by atoms with E-state index < -0.39 is 5.54 Å². The smallest absolute Gasteiger partial charge is 0.234 e. The summed E-state index contributed by atoms with van der Waals surface area (Å²) in [7, 11) is 0. The summed E-state index contributed by atoms with van der Waals surface area (Å²) >= 11 is 0. The summed E-state index contributed by atoms with van der Waals surface area (Å²) in [6.07, 6.45) is 6.15. The molecule has 2 rings (SSSR count). The summed E-state index contributed by atoms with van der Waals surface area (Å²) in [5.74, 6) is -0.791. The van der Waals surface area contributed by atoms with Gasteiger partial charge in [0, 0.05) is 0 Å². The van der Waals surface area contributed by atoms with Gasteiger partial charge < -0.3 is 0 Å². The minimum Gasteiger partial charge on any atom is -0.274 e. The van der Waals surface area contributed by atoms with E-state index in [4.69, 9.17) is 0 Å². The number of amides is 2. The van der Waals surface area contributed by atoms with Gasteiger partial charge in [0.05, 0.1) is 17.9 Å². The van der Waals surface area contributed by atoms with Gasteiger partial charge in [-0.3, -0.25) is 14.5 Å². The minimum absolute atomic E-state index is 0.153. The lowest BCUT2D eigenvalue weighted by Gasteiger charge is -2.33. The molecule has 0 spiro atoms. The molecular weight excluding hydrogens is 228 g/mol. The lowest BCUT2D eigenvalue weighted by Crippen LogP contribution is -2.50. The Morgan fingerprint density at radius 1 is 1.22 bits per heavy atom. The molecule has 0 aromatic carbocycles. The van der Waals surface area contributed by atoms with E-state index in [9.17, 15) is 14.9 Å². The fraction of sp³-hybridized carbons (Fsp3) is 0.643. The van der Waals surface area contributed by atoms with E-state index in [1.807, 2.05) is 26.0 Å². The molecule has 1 heterocycles. The molecule has 0 N–H and O–H groups in total. The molecular formula is C14H18N2O2. The van der Waals surface area contributed by atoms with E-state index in [1.165, 1.54) is 4.90 Å². The van der Waals surface area contributed by atoms with Crippen LogP contribution >= 0.6 is 0 Å². The van der Waals surface area contributed by atoms with E-state index >= 15 is 0 Å². The highest BCUT2D eigenvalue weighted by molar-refractivity contribution is 6.06. The summed E-state index contributed by atoms with van der Waals surface area (Å²) in [6, 6.07) is 2.19. The topological polar surface area (TPSA) is 61.2 Å². The van der Waals surface area contributed by atoms with E-state index in [0.29, 0.717) is 25.7 Å². The Bertz CT molecular complexity index is 417. The van der Waals surface area contributed by atoms with Crippen LogP contribution in [0.2, 0.25) is 0 Å². The number of carbonyl (C=O) groups excluding carboxylic acids is 2. The molecule has 0 bridgehead atoms. The maximum Gasteiger partial charge on any atom is 0.234 e. The molecule has 18 heavy (non-hydrogen) atoms. The van der Waals surface area contributed by atoms with Crippen LogP contribution in [0.1, 0.15) is 39.5 Å². The van der Waals surface area contributed by atoms with Crippen molar-refractivity contribution in [1.82, 2.24) is 4.90 Å². The zero-order valence-electron chi connectivity index (χ0n) is 10.8. The molecule has 1 aliphatic heterocycles. The number of fused-ring (bicyclic) bond motifs is 1. The number of imide groups is 1. The van der Waals surface area contributed by atoms with Crippen molar-refractivity contribution in [2.24, 2.45) is 11.8 Å². The van der Waals surface area contributed by atoms with Crippen molar-refractivity contribution < 1.29 is 9.59 Å². The molecule has 96 valence electrons.